The zero-order valence-electron chi connectivity index (χ0n) is 14.4. The summed E-state index contributed by atoms with van der Waals surface area (Å²) in [5.41, 5.74) is 4.09. The third kappa shape index (κ3) is 4.23. The molecule has 2 aromatic carbocycles. The molecule has 0 radical (unpaired) electrons. The third-order valence-corrected chi connectivity index (χ3v) is 3.89. The molecular formula is C21H21N3O. The van der Waals surface area contributed by atoms with Crippen molar-refractivity contribution >= 4 is 23.0 Å². The van der Waals surface area contributed by atoms with Crippen LogP contribution in [0.4, 0.5) is 17.1 Å². The van der Waals surface area contributed by atoms with E-state index in [1.165, 1.54) is 0 Å². The quantitative estimate of drug-likeness (QED) is 0.675. The average Bonchev–Trinajstić information content (AvgIpc) is 2.63. The molecular weight excluding hydrogens is 310 g/mol. The second-order valence-electron chi connectivity index (χ2n) is 6.12. The van der Waals surface area contributed by atoms with E-state index >= 15 is 0 Å². The Labute approximate surface area is 147 Å². The molecule has 0 spiro atoms. The first-order chi connectivity index (χ1) is 12.1. The van der Waals surface area contributed by atoms with Crippen molar-refractivity contribution in [1.82, 2.24) is 4.98 Å². The smallest absolute Gasteiger partial charge is 0.274 e. The van der Waals surface area contributed by atoms with E-state index in [0.29, 0.717) is 11.6 Å². The zero-order valence-corrected chi connectivity index (χ0v) is 14.4. The molecule has 0 unspecified atom stereocenters. The molecule has 3 aromatic rings. The number of benzene rings is 2. The lowest BCUT2D eigenvalue weighted by atomic mass is 10.0. The van der Waals surface area contributed by atoms with Crippen LogP contribution in [0, 0.1) is 0 Å². The third-order valence-electron chi connectivity index (χ3n) is 3.89. The van der Waals surface area contributed by atoms with E-state index in [2.05, 4.69) is 29.5 Å². The Morgan fingerprint density at radius 1 is 0.920 bits per heavy atom. The first-order valence-corrected chi connectivity index (χ1v) is 8.32. The monoisotopic (exact) mass is 331 g/mol. The van der Waals surface area contributed by atoms with Crippen molar-refractivity contribution < 1.29 is 4.79 Å². The molecule has 3 rings (SSSR count). The van der Waals surface area contributed by atoms with Gasteiger partial charge in [-0.2, -0.15) is 0 Å². The second-order valence-corrected chi connectivity index (χ2v) is 6.12. The van der Waals surface area contributed by atoms with E-state index in [4.69, 9.17) is 0 Å². The Morgan fingerprint density at radius 2 is 1.64 bits per heavy atom. The molecule has 0 saturated carbocycles. The molecule has 4 heteroatoms. The molecule has 4 nitrogen and oxygen atoms in total. The summed E-state index contributed by atoms with van der Waals surface area (Å²) in [5, 5.41) is 6.24. The van der Waals surface area contributed by atoms with Crippen LogP contribution in [0.3, 0.4) is 0 Å². The van der Waals surface area contributed by atoms with E-state index < -0.39 is 0 Å². The minimum absolute atomic E-state index is 0.218. The number of para-hydroxylation sites is 2. The Bertz CT molecular complexity index is 860. The summed E-state index contributed by atoms with van der Waals surface area (Å²) < 4.78 is 0. The van der Waals surface area contributed by atoms with Crippen molar-refractivity contribution in [1.29, 1.82) is 0 Å². The van der Waals surface area contributed by atoms with Crippen molar-refractivity contribution in [2.24, 2.45) is 0 Å². The molecule has 0 aliphatic heterocycles. The molecule has 0 aliphatic rings. The van der Waals surface area contributed by atoms with Crippen molar-refractivity contribution in [3.63, 3.8) is 0 Å². The fraction of sp³-hybridized carbons (Fsp3) is 0.143. The van der Waals surface area contributed by atoms with Gasteiger partial charge in [0.2, 0.25) is 0 Å². The number of amides is 1. The highest BCUT2D eigenvalue weighted by Crippen LogP contribution is 2.24. The number of carbonyl (C=O) groups excluding carboxylic acids is 1. The number of aromatic nitrogens is 1. The van der Waals surface area contributed by atoms with Gasteiger partial charge in [-0.05, 0) is 41.8 Å². The molecule has 0 aliphatic carbocycles. The highest BCUT2D eigenvalue weighted by Gasteiger charge is 2.12. The van der Waals surface area contributed by atoms with Crippen LogP contribution in [-0.2, 0) is 0 Å². The summed E-state index contributed by atoms with van der Waals surface area (Å²) >= 11 is 0. The topological polar surface area (TPSA) is 54.0 Å². The van der Waals surface area contributed by atoms with Gasteiger partial charge in [-0.15, -0.1) is 0 Å². The lowest BCUT2D eigenvalue weighted by Crippen LogP contribution is -2.15. The number of pyridine rings is 1. The van der Waals surface area contributed by atoms with Crippen LogP contribution in [0.1, 0.15) is 35.8 Å². The highest BCUT2D eigenvalue weighted by molar-refractivity contribution is 6.03. The van der Waals surface area contributed by atoms with Gasteiger partial charge in [0.1, 0.15) is 5.69 Å². The SMILES string of the molecule is CC(C)c1ccccc1NC(=O)c1cc(Nc2ccccc2)ccn1. The molecule has 0 saturated heterocycles. The standard InChI is InChI=1S/C21H21N3O/c1-15(2)18-10-6-7-11-19(18)24-21(25)20-14-17(12-13-22-20)23-16-8-4-3-5-9-16/h3-15H,1-2H3,(H,22,23)(H,24,25). The number of hydrogen-bond donors (Lipinski definition) is 2. The van der Waals surface area contributed by atoms with Crippen LogP contribution in [-0.4, -0.2) is 10.9 Å². The number of rotatable bonds is 5. The maximum Gasteiger partial charge on any atom is 0.274 e. The summed E-state index contributed by atoms with van der Waals surface area (Å²) in [6, 6.07) is 21.3. The Hall–Kier alpha value is -3.14. The number of anilines is 3. The summed E-state index contributed by atoms with van der Waals surface area (Å²) in [6.45, 7) is 4.21. The lowest BCUT2D eigenvalue weighted by Gasteiger charge is -2.13. The fourth-order valence-electron chi connectivity index (χ4n) is 2.62. The van der Waals surface area contributed by atoms with Crippen molar-refractivity contribution in [3.8, 4) is 0 Å². The van der Waals surface area contributed by atoms with Crippen molar-refractivity contribution in [3.05, 3.63) is 84.2 Å². The Balaban J connectivity index is 1.78. The predicted molar refractivity (Wildman–Crippen MR) is 102 cm³/mol. The van der Waals surface area contributed by atoms with E-state index in [1.54, 1.807) is 12.3 Å². The van der Waals surface area contributed by atoms with Gasteiger partial charge < -0.3 is 10.6 Å². The summed E-state index contributed by atoms with van der Waals surface area (Å²) in [4.78, 5) is 16.8. The zero-order chi connectivity index (χ0) is 17.6. The molecule has 0 atom stereocenters. The normalized spacial score (nSPS) is 10.5. The fourth-order valence-corrected chi connectivity index (χ4v) is 2.62. The Kier molecular flexibility index (Phi) is 5.09. The predicted octanol–water partition coefficient (Wildman–Crippen LogP) is 5.20. The van der Waals surface area contributed by atoms with Gasteiger partial charge in [-0.1, -0.05) is 50.2 Å². The molecule has 2 N–H and O–H groups in total. The minimum atomic E-state index is -0.218. The van der Waals surface area contributed by atoms with Crippen LogP contribution >= 0.6 is 0 Å². The summed E-state index contributed by atoms with van der Waals surface area (Å²) in [7, 11) is 0. The van der Waals surface area contributed by atoms with Gasteiger partial charge >= 0.3 is 0 Å². The van der Waals surface area contributed by atoms with E-state index in [1.807, 2.05) is 60.7 Å². The first kappa shape index (κ1) is 16.7. The molecule has 25 heavy (non-hydrogen) atoms. The maximum atomic E-state index is 12.6. The largest absolute Gasteiger partial charge is 0.355 e. The molecule has 1 aromatic heterocycles. The molecule has 0 fully saturated rings. The molecule has 126 valence electrons. The van der Waals surface area contributed by atoms with Gasteiger partial charge in [-0.25, -0.2) is 0 Å². The molecule has 1 heterocycles. The number of nitrogens with zero attached hydrogens (tertiary/aromatic N) is 1. The lowest BCUT2D eigenvalue weighted by molar-refractivity contribution is 0.102. The van der Waals surface area contributed by atoms with Crippen LogP contribution in [0.25, 0.3) is 0 Å². The van der Waals surface area contributed by atoms with Crippen molar-refractivity contribution in [2.45, 2.75) is 19.8 Å². The second kappa shape index (κ2) is 7.62. The average molecular weight is 331 g/mol. The number of nitrogens with one attached hydrogen (secondary N) is 2. The summed E-state index contributed by atoms with van der Waals surface area (Å²) in [5.74, 6) is 0.111. The van der Waals surface area contributed by atoms with E-state index in [0.717, 1.165) is 22.6 Å². The Morgan fingerprint density at radius 3 is 2.40 bits per heavy atom. The number of carbonyl (C=O) groups is 1. The van der Waals surface area contributed by atoms with Gasteiger partial charge in [0, 0.05) is 23.3 Å². The van der Waals surface area contributed by atoms with Crippen LogP contribution in [0.15, 0.2) is 72.9 Å². The summed E-state index contributed by atoms with van der Waals surface area (Å²) in [6.07, 6.45) is 1.63. The van der Waals surface area contributed by atoms with Gasteiger partial charge in [0.05, 0.1) is 0 Å². The van der Waals surface area contributed by atoms with Crippen LogP contribution in [0.2, 0.25) is 0 Å². The van der Waals surface area contributed by atoms with E-state index in [9.17, 15) is 4.79 Å². The van der Waals surface area contributed by atoms with Gasteiger partial charge in [0.25, 0.3) is 5.91 Å². The maximum absolute atomic E-state index is 12.6. The van der Waals surface area contributed by atoms with Gasteiger partial charge in [0.15, 0.2) is 0 Å². The first-order valence-electron chi connectivity index (χ1n) is 8.32. The minimum Gasteiger partial charge on any atom is -0.355 e. The van der Waals surface area contributed by atoms with Crippen LogP contribution < -0.4 is 10.6 Å². The van der Waals surface area contributed by atoms with E-state index in [-0.39, 0.29) is 5.91 Å². The highest BCUT2D eigenvalue weighted by atomic mass is 16.1. The van der Waals surface area contributed by atoms with Crippen LogP contribution in [0.5, 0.6) is 0 Å². The number of hydrogen-bond acceptors (Lipinski definition) is 3. The van der Waals surface area contributed by atoms with Crippen molar-refractivity contribution in [2.75, 3.05) is 10.6 Å². The molecule has 1 amide bonds. The van der Waals surface area contributed by atoms with Gasteiger partial charge in [-0.3, -0.25) is 9.78 Å². The molecule has 0 bridgehead atoms.